The summed E-state index contributed by atoms with van der Waals surface area (Å²) in [7, 11) is 0. The maximum Gasteiger partial charge on any atom is 0.417 e. The number of aromatic amines is 5. The summed E-state index contributed by atoms with van der Waals surface area (Å²) >= 11 is 0. The first kappa shape index (κ1) is 97.7. The average molecular weight is 1890 g/mol. The van der Waals surface area contributed by atoms with Crippen molar-refractivity contribution in [1.29, 1.82) is 0 Å². The van der Waals surface area contributed by atoms with E-state index in [0.717, 1.165) is 85.2 Å². The third-order valence-corrected chi connectivity index (χ3v) is 21.1. The van der Waals surface area contributed by atoms with Crippen molar-refractivity contribution in [2.75, 3.05) is 70.4 Å². The number of hydrogen-bond donors (Lipinski definition) is 5. The monoisotopic (exact) mass is 1890 g/mol. The van der Waals surface area contributed by atoms with Crippen LogP contribution in [0.5, 0.6) is 28.7 Å². The molecule has 5 aliphatic heterocycles. The van der Waals surface area contributed by atoms with Crippen LogP contribution in [0.1, 0.15) is 89.6 Å². The molecular weight excluding hydrogens is 1820 g/mol. The minimum atomic E-state index is -4.83. The van der Waals surface area contributed by atoms with Gasteiger partial charge in [0.1, 0.15) is 93.0 Å². The predicted octanol–water partition coefficient (Wildman–Crippen LogP) is 20.0. The molecule has 0 radical (unpaired) electrons. The van der Waals surface area contributed by atoms with E-state index in [2.05, 4.69) is 24.9 Å². The van der Waals surface area contributed by atoms with Gasteiger partial charge in [0.25, 0.3) is 0 Å². The molecule has 129 heavy (non-hydrogen) atoms. The molecule has 0 fully saturated rings. The average Bonchev–Trinajstić information content (AvgIpc) is 0.758. The fourth-order valence-corrected chi connectivity index (χ4v) is 15.0. The van der Waals surface area contributed by atoms with E-state index >= 15 is 0 Å². The molecule has 5 aromatic carbocycles. The number of halogens is 30. The molecule has 0 amide bonds. The zero-order valence-electron chi connectivity index (χ0n) is 67.1. The zero-order valence-corrected chi connectivity index (χ0v) is 67.1. The first-order chi connectivity index (χ1) is 59.0. The van der Waals surface area contributed by atoms with Gasteiger partial charge in [-0.15, -0.1) is 0 Å². The van der Waals surface area contributed by atoms with Crippen molar-refractivity contribution < 1.29 is 155 Å². The van der Waals surface area contributed by atoms with Gasteiger partial charge < -0.3 is 73.1 Å². The van der Waals surface area contributed by atoms with Crippen LogP contribution in [-0.4, -0.2) is 150 Å². The second-order valence-corrected chi connectivity index (χ2v) is 30.5. The summed E-state index contributed by atoms with van der Waals surface area (Å²) in [5.41, 5.74) is -12.1. The summed E-state index contributed by atoms with van der Waals surface area (Å²) in [6, 6.07) is 9.05. The maximum absolute atomic E-state index is 13.3. The van der Waals surface area contributed by atoms with Crippen LogP contribution in [0.4, 0.5) is 160 Å². The predicted molar refractivity (Wildman–Crippen MR) is 408 cm³/mol. The first-order valence-corrected chi connectivity index (χ1v) is 37.9. The Balaban J connectivity index is 0.000000156. The number of ether oxygens (including phenoxy) is 5. The fraction of sp³-hybridized carbons (Fsp3) is 0.430. The van der Waals surface area contributed by atoms with Crippen LogP contribution in [0.25, 0.3) is 54.5 Å². The third kappa shape index (κ3) is 22.5. The summed E-state index contributed by atoms with van der Waals surface area (Å²) in [5, 5.41) is -1.97. The van der Waals surface area contributed by atoms with E-state index in [1.54, 1.807) is 20.8 Å². The normalized spacial score (nSPS) is 19.8. The lowest BCUT2D eigenvalue weighted by molar-refractivity contribution is -0.137. The second-order valence-electron chi connectivity index (χ2n) is 30.5. The number of pyridine rings is 5. The smallest absolute Gasteiger partial charge is 0.417 e. The molecular formula is C79H68F30N10O10. The van der Waals surface area contributed by atoms with E-state index < -0.39 is 226 Å². The first-order valence-electron chi connectivity index (χ1n) is 37.9. The van der Waals surface area contributed by atoms with Gasteiger partial charge in [0.05, 0.1) is 114 Å². The fourth-order valence-electron chi connectivity index (χ4n) is 15.0. The van der Waals surface area contributed by atoms with Crippen molar-refractivity contribution in [2.24, 2.45) is 0 Å². The zero-order chi connectivity index (χ0) is 96.2. The number of rotatable bonds is 6. The molecule has 50 heteroatoms. The van der Waals surface area contributed by atoms with E-state index in [9.17, 15) is 156 Å². The Hall–Kier alpha value is -12.0. The van der Waals surface area contributed by atoms with E-state index in [1.165, 1.54) is 34.6 Å². The Kier molecular flexibility index (Phi) is 26.4. The van der Waals surface area contributed by atoms with Crippen molar-refractivity contribution in [3.63, 3.8) is 0 Å². The molecule has 10 aromatic rings. The SMILES string of the molecule is CC1COc2cc3[nH]c(=O)cc(C(F)(F)F)c3cc2N1CC(F)(F)F.CC1COc2cc3[nH]c(=O)cc(C(F)(F)F)c3cc2N1CC(F)(F)F.CC[C@@H]1Oc2cc3[nH]c(=O)cc(C(F)(F)F)c3cc2N(CC(F)(F)F)[C@H]1C.C[C@@H]1Oc2cc3[nH]c(=O)cc(C(F)(F)F)c3cc2N(CC(F)(F)F)[C@@H]1C.C[C@@H]1Oc2cc3[nH]c(=O)cc(C(F)(F)F)c3cc2N(CC(F)(F)F)[C@H]1C. The molecule has 8 atom stereocenters. The van der Waals surface area contributed by atoms with Crippen LogP contribution in [0, 0.1) is 0 Å². The Morgan fingerprint density at radius 1 is 0.279 bits per heavy atom. The van der Waals surface area contributed by atoms with Crippen LogP contribution in [-0.2, 0) is 30.9 Å². The number of anilines is 5. The lowest BCUT2D eigenvalue weighted by Crippen LogP contribution is -2.51. The number of nitrogens with zero attached hydrogens (tertiary/aromatic N) is 5. The highest BCUT2D eigenvalue weighted by Gasteiger charge is 2.47. The molecule has 0 spiro atoms. The molecule has 10 heterocycles. The van der Waals surface area contributed by atoms with Crippen LogP contribution in [0.3, 0.4) is 0 Å². The maximum atomic E-state index is 13.3. The van der Waals surface area contributed by atoms with Crippen molar-refractivity contribution in [3.05, 3.63) is 171 Å². The molecule has 5 N–H and O–H groups in total. The van der Waals surface area contributed by atoms with Crippen LogP contribution >= 0.6 is 0 Å². The van der Waals surface area contributed by atoms with Crippen LogP contribution < -0.4 is 76.0 Å². The molecule has 0 bridgehead atoms. The van der Waals surface area contributed by atoms with Crippen molar-refractivity contribution >= 4 is 83.0 Å². The number of nitrogens with one attached hydrogen (secondary N) is 5. The van der Waals surface area contributed by atoms with Gasteiger partial charge in [0.15, 0.2) is 0 Å². The number of H-pyrrole nitrogens is 5. The molecule has 2 unspecified atom stereocenters. The van der Waals surface area contributed by atoms with Crippen LogP contribution in [0.15, 0.2) is 115 Å². The van der Waals surface area contributed by atoms with Gasteiger partial charge in [-0.25, -0.2) is 0 Å². The summed E-state index contributed by atoms with van der Waals surface area (Å²) in [6.07, 6.45) is -48.3. The van der Waals surface area contributed by atoms with Gasteiger partial charge in [-0.2, -0.15) is 132 Å². The highest BCUT2D eigenvalue weighted by Crippen LogP contribution is 2.50. The number of fused-ring (bicyclic) bond motifs is 10. The Morgan fingerprint density at radius 3 is 0.698 bits per heavy atom. The van der Waals surface area contributed by atoms with Crippen molar-refractivity contribution in [2.45, 2.75) is 172 Å². The quantitative estimate of drug-likeness (QED) is 0.0976. The van der Waals surface area contributed by atoms with E-state index in [1.807, 2.05) is 0 Å². The highest BCUT2D eigenvalue weighted by atomic mass is 19.4. The molecule has 0 saturated carbocycles. The molecule has 5 aliphatic rings. The molecule has 704 valence electrons. The lowest BCUT2D eigenvalue weighted by Gasteiger charge is -2.42. The summed E-state index contributed by atoms with van der Waals surface area (Å²) < 4.78 is 420. The summed E-state index contributed by atoms with van der Waals surface area (Å²) in [4.78, 5) is 73.7. The molecule has 0 saturated heterocycles. The molecule has 5 aromatic heterocycles. The van der Waals surface area contributed by atoms with Gasteiger partial charge in [0.2, 0.25) is 27.8 Å². The van der Waals surface area contributed by atoms with Gasteiger partial charge in [-0.3, -0.25) is 24.0 Å². The summed E-state index contributed by atoms with van der Waals surface area (Å²) in [5.74, 6) is -0.0361. The van der Waals surface area contributed by atoms with Gasteiger partial charge >= 0.3 is 61.8 Å². The largest absolute Gasteiger partial charge is 0.489 e. The van der Waals surface area contributed by atoms with Crippen molar-refractivity contribution in [3.8, 4) is 28.7 Å². The second kappa shape index (κ2) is 34.8. The minimum absolute atomic E-state index is 0.00618. The molecule has 20 nitrogen and oxygen atoms in total. The van der Waals surface area contributed by atoms with Gasteiger partial charge in [-0.1, -0.05) is 6.92 Å². The molecule has 15 rings (SSSR count). The third-order valence-electron chi connectivity index (χ3n) is 21.1. The Morgan fingerprint density at radius 2 is 0.481 bits per heavy atom. The number of alkyl halides is 30. The summed E-state index contributed by atoms with van der Waals surface area (Å²) in [6.45, 7) is 5.64. The van der Waals surface area contributed by atoms with Crippen molar-refractivity contribution in [1.82, 2.24) is 24.9 Å². The Bertz CT molecular complexity index is 5890. The number of aromatic nitrogens is 5. The van der Waals surface area contributed by atoms with Gasteiger partial charge in [-0.05, 0) is 85.2 Å². The Labute approximate surface area is 703 Å². The minimum Gasteiger partial charge on any atom is -0.489 e. The van der Waals surface area contributed by atoms with E-state index in [0.29, 0.717) is 36.8 Å². The topological polar surface area (TPSA) is 227 Å². The molecule has 0 aliphatic carbocycles. The standard InChI is InChI=1S/C17H16F6N2O2.2C16H14F6N2O2.2C15H12F6N2O2/c1-3-13-8(2)25(7-16(18,19)20)12-4-9-10(17(21,22)23)5-15(26)24-11(9)6-14(12)27-13;2*1-7-8(2)26-13-5-11-9(3-12(13)24(7)6-15(17,18)19)10(16(20,21)22)4-14(25)23-11;2*1-7-5-25-12-4-10-8(2-11(12)23(7)6-14(16,17)18)9(15(19,20)21)3-13(24)22-10/h4-6,8,13H,3,7H2,1-2H3,(H,24,26);2*3-5,7-8H,6H2,1-2H3,(H,23,25);2*2-4,7H,5-6H2,1H3,(H,22,24)/t8-,13-;7-,8+;7-,8-;;/m010../s1. The van der Waals surface area contributed by atoms with E-state index in [-0.39, 0.29) is 98.0 Å². The number of hydrogen-bond acceptors (Lipinski definition) is 15. The van der Waals surface area contributed by atoms with Crippen LogP contribution in [0.2, 0.25) is 0 Å². The number of benzene rings is 5. The lowest BCUT2D eigenvalue weighted by atomic mass is 10.0. The highest BCUT2D eigenvalue weighted by molar-refractivity contribution is 5.94. The van der Waals surface area contributed by atoms with Gasteiger partial charge in [0, 0.05) is 87.6 Å². The van der Waals surface area contributed by atoms with E-state index in [4.69, 9.17) is 23.7 Å².